The van der Waals surface area contributed by atoms with Crippen molar-refractivity contribution in [1.82, 2.24) is 10.2 Å². The van der Waals surface area contributed by atoms with Crippen molar-refractivity contribution < 1.29 is 23.1 Å². The van der Waals surface area contributed by atoms with E-state index in [0.717, 1.165) is 11.3 Å². The van der Waals surface area contributed by atoms with Crippen LogP contribution >= 0.6 is 11.3 Å². The van der Waals surface area contributed by atoms with Crippen LogP contribution in [0.4, 0.5) is 8.78 Å². The monoisotopic (exact) mass is 432 g/mol. The zero-order valence-electron chi connectivity index (χ0n) is 16.9. The highest BCUT2D eigenvalue weighted by Gasteiger charge is 2.23. The summed E-state index contributed by atoms with van der Waals surface area (Å²) in [4.78, 5) is 26.7. The maximum atomic E-state index is 13.8. The Morgan fingerprint density at radius 1 is 1.13 bits per heavy atom. The third-order valence-electron chi connectivity index (χ3n) is 4.57. The molecule has 0 bridgehead atoms. The van der Waals surface area contributed by atoms with Crippen molar-refractivity contribution in [3.05, 3.63) is 58.5 Å². The minimum atomic E-state index is -2.68. The Balaban J connectivity index is 2.13. The lowest BCUT2D eigenvalue weighted by molar-refractivity contribution is 0.0600. The molecule has 1 N–H and O–H groups in total. The van der Waals surface area contributed by atoms with E-state index in [1.54, 1.807) is 24.3 Å². The molecule has 30 heavy (non-hydrogen) atoms. The van der Waals surface area contributed by atoms with Crippen molar-refractivity contribution in [3.8, 4) is 11.1 Å². The summed E-state index contributed by atoms with van der Waals surface area (Å²) in [6.45, 7) is 1.05. The van der Waals surface area contributed by atoms with Gasteiger partial charge in [-0.25, -0.2) is 13.6 Å². The zero-order valence-corrected chi connectivity index (χ0v) is 17.7. The molecule has 0 aliphatic rings. The lowest BCUT2D eigenvalue weighted by atomic mass is 9.97. The predicted octanol–water partition coefficient (Wildman–Crippen LogP) is 4.58. The number of likely N-dealkylation sites (N-methyl/N-ethyl adjacent to an activating group) is 1. The van der Waals surface area contributed by atoms with Gasteiger partial charge in [-0.05, 0) is 43.9 Å². The number of methoxy groups -OCH3 is 1. The first-order valence-electron chi connectivity index (χ1n) is 9.28. The lowest BCUT2D eigenvalue weighted by Crippen LogP contribution is -2.31. The van der Waals surface area contributed by atoms with Crippen molar-refractivity contribution in [2.45, 2.75) is 6.43 Å². The Bertz CT molecular complexity index is 1080. The lowest BCUT2D eigenvalue weighted by Gasteiger charge is -2.13. The van der Waals surface area contributed by atoms with Crippen molar-refractivity contribution >= 4 is 33.3 Å². The van der Waals surface area contributed by atoms with Crippen LogP contribution in [0.25, 0.3) is 21.2 Å². The summed E-state index contributed by atoms with van der Waals surface area (Å²) in [5.41, 5.74) is 1.05. The first-order chi connectivity index (χ1) is 14.3. The molecule has 0 aliphatic carbocycles. The summed E-state index contributed by atoms with van der Waals surface area (Å²) < 4.78 is 33.1. The van der Waals surface area contributed by atoms with E-state index in [0.29, 0.717) is 34.3 Å². The van der Waals surface area contributed by atoms with E-state index in [4.69, 9.17) is 4.74 Å². The van der Waals surface area contributed by atoms with Gasteiger partial charge in [0.05, 0.1) is 17.6 Å². The van der Waals surface area contributed by atoms with Crippen LogP contribution in [-0.2, 0) is 4.74 Å². The van der Waals surface area contributed by atoms with E-state index in [1.807, 2.05) is 19.0 Å². The number of amides is 1. The van der Waals surface area contributed by atoms with Crippen LogP contribution in [0.3, 0.4) is 0 Å². The second-order valence-corrected chi connectivity index (χ2v) is 8.07. The van der Waals surface area contributed by atoms with E-state index in [2.05, 4.69) is 5.32 Å². The van der Waals surface area contributed by atoms with Gasteiger partial charge in [0.15, 0.2) is 0 Å². The molecule has 0 saturated heterocycles. The number of halogens is 2. The molecule has 3 rings (SSSR count). The van der Waals surface area contributed by atoms with Crippen molar-refractivity contribution in [3.63, 3.8) is 0 Å². The van der Waals surface area contributed by atoms with Crippen LogP contribution in [0.5, 0.6) is 0 Å². The molecule has 0 saturated carbocycles. The number of hydrogen-bond acceptors (Lipinski definition) is 5. The van der Waals surface area contributed by atoms with Crippen LogP contribution in [0.2, 0.25) is 0 Å². The number of benzene rings is 2. The molecule has 158 valence electrons. The standard InChI is InChI=1S/C22H22F2N2O3S/c1-26(2)9-8-25-21(27)14-10-13(11-15(12-14)22(28)29-3)18-16-6-4-5-7-17(16)30-19(18)20(23)24/h4-7,10-12,20H,8-9H2,1-3H3,(H,25,27). The molecule has 0 aliphatic heterocycles. The Morgan fingerprint density at radius 3 is 2.50 bits per heavy atom. The SMILES string of the molecule is COC(=O)c1cc(C(=O)NCCN(C)C)cc(-c2c(C(F)F)sc3ccccc23)c1. The Morgan fingerprint density at radius 2 is 1.83 bits per heavy atom. The molecule has 5 nitrogen and oxygen atoms in total. The number of nitrogens with one attached hydrogen (secondary N) is 1. The van der Waals surface area contributed by atoms with Gasteiger partial charge in [0.25, 0.3) is 12.3 Å². The summed E-state index contributed by atoms with van der Waals surface area (Å²) >= 11 is 1.01. The summed E-state index contributed by atoms with van der Waals surface area (Å²) in [6, 6.07) is 11.5. The first-order valence-corrected chi connectivity index (χ1v) is 10.1. The number of hydrogen-bond donors (Lipinski definition) is 1. The molecular formula is C22H22F2N2O3S. The topological polar surface area (TPSA) is 58.6 Å². The highest BCUT2D eigenvalue weighted by molar-refractivity contribution is 7.19. The number of ether oxygens (including phenoxy) is 1. The molecule has 0 unspecified atom stereocenters. The maximum Gasteiger partial charge on any atom is 0.337 e. The Kier molecular flexibility index (Phi) is 6.79. The first kappa shape index (κ1) is 21.9. The summed E-state index contributed by atoms with van der Waals surface area (Å²) in [5.74, 6) is -1.03. The van der Waals surface area contributed by atoms with Gasteiger partial charge < -0.3 is 15.0 Å². The average Bonchev–Trinajstić information content (AvgIpc) is 3.12. The highest BCUT2D eigenvalue weighted by atomic mass is 32.1. The van der Waals surface area contributed by atoms with Gasteiger partial charge in [-0.1, -0.05) is 18.2 Å². The number of thiophene rings is 1. The third-order valence-corrected chi connectivity index (χ3v) is 5.75. The molecule has 1 heterocycles. The zero-order chi connectivity index (χ0) is 21.8. The van der Waals surface area contributed by atoms with Crippen molar-refractivity contribution in [1.29, 1.82) is 0 Å². The number of rotatable bonds is 7. The van der Waals surface area contributed by atoms with Crippen LogP contribution in [0.1, 0.15) is 32.0 Å². The second kappa shape index (κ2) is 9.32. The summed E-state index contributed by atoms with van der Waals surface area (Å²) in [7, 11) is 5.00. The van der Waals surface area contributed by atoms with E-state index < -0.39 is 12.4 Å². The fraction of sp³-hybridized carbons (Fsp3) is 0.273. The van der Waals surface area contributed by atoms with Gasteiger partial charge in [0.1, 0.15) is 0 Å². The Labute approximate surface area is 177 Å². The number of alkyl halides is 2. The number of fused-ring (bicyclic) bond motifs is 1. The molecule has 0 atom stereocenters. The van der Waals surface area contributed by atoms with Gasteiger partial charge in [-0.3, -0.25) is 4.79 Å². The molecular weight excluding hydrogens is 410 g/mol. The molecule has 3 aromatic rings. The second-order valence-electron chi connectivity index (χ2n) is 6.99. The summed E-state index contributed by atoms with van der Waals surface area (Å²) in [6.07, 6.45) is -2.68. The number of carbonyl (C=O) groups is 2. The van der Waals surface area contributed by atoms with Gasteiger partial charge in [-0.15, -0.1) is 11.3 Å². The maximum absolute atomic E-state index is 13.8. The number of carbonyl (C=O) groups excluding carboxylic acids is 2. The van der Waals surface area contributed by atoms with E-state index in [1.165, 1.54) is 25.3 Å². The van der Waals surface area contributed by atoms with Crippen molar-refractivity contribution in [2.75, 3.05) is 34.3 Å². The summed E-state index contributed by atoms with van der Waals surface area (Å²) in [5, 5.41) is 3.43. The minimum Gasteiger partial charge on any atom is -0.465 e. The normalized spacial score (nSPS) is 11.3. The third kappa shape index (κ3) is 4.66. The van der Waals surface area contributed by atoms with Gasteiger partial charge in [0, 0.05) is 34.3 Å². The highest BCUT2D eigenvalue weighted by Crippen LogP contribution is 2.43. The minimum absolute atomic E-state index is 0.0998. The molecule has 1 aromatic heterocycles. The molecule has 0 radical (unpaired) electrons. The molecule has 0 spiro atoms. The number of esters is 1. The van der Waals surface area contributed by atoms with E-state index >= 15 is 0 Å². The van der Waals surface area contributed by atoms with Gasteiger partial charge in [0.2, 0.25) is 0 Å². The fourth-order valence-electron chi connectivity index (χ4n) is 3.15. The average molecular weight is 432 g/mol. The molecule has 2 aromatic carbocycles. The van der Waals surface area contributed by atoms with Crippen LogP contribution < -0.4 is 5.32 Å². The molecule has 1 amide bonds. The molecule has 0 fully saturated rings. The van der Waals surface area contributed by atoms with Crippen LogP contribution in [0, 0.1) is 0 Å². The smallest absolute Gasteiger partial charge is 0.337 e. The van der Waals surface area contributed by atoms with E-state index in [9.17, 15) is 18.4 Å². The van der Waals surface area contributed by atoms with E-state index in [-0.39, 0.29) is 21.9 Å². The number of nitrogens with zero attached hydrogens (tertiary/aromatic N) is 1. The quantitative estimate of drug-likeness (QED) is 0.555. The fourth-order valence-corrected chi connectivity index (χ4v) is 4.23. The van der Waals surface area contributed by atoms with Crippen LogP contribution in [-0.4, -0.2) is 51.1 Å². The van der Waals surface area contributed by atoms with Crippen molar-refractivity contribution in [2.24, 2.45) is 0 Å². The van der Waals surface area contributed by atoms with Crippen LogP contribution in [0.15, 0.2) is 42.5 Å². The predicted molar refractivity (Wildman–Crippen MR) is 114 cm³/mol. The van der Waals surface area contributed by atoms with Gasteiger partial charge >= 0.3 is 5.97 Å². The molecule has 8 heteroatoms. The Hall–Kier alpha value is -2.84. The largest absolute Gasteiger partial charge is 0.465 e. The van der Waals surface area contributed by atoms with Gasteiger partial charge in [-0.2, -0.15) is 0 Å².